The molecule has 0 spiro atoms. The van der Waals surface area contributed by atoms with Crippen LogP contribution in [0.5, 0.6) is 0 Å². The summed E-state index contributed by atoms with van der Waals surface area (Å²) in [7, 11) is 0. The third kappa shape index (κ3) is 8.84. The van der Waals surface area contributed by atoms with Crippen molar-refractivity contribution in [3.8, 4) is 0 Å². The fourth-order valence-corrected chi connectivity index (χ4v) is 16.9. The summed E-state index contributed by atoms with van der Waals surface area (Å²) in [5.74, 6) is -6.47. The van der Waals surface area contributed by atoms with Gasteiger partial charge >= 0.3 is 0 Å². The molecule has 0 radical (unpaired) electrons. The third-order valence-electron chi connectivity index (χ3n) is 21.9. The van der Waals surface area contributed by atoms with E-state index in [0.717, 1.165) is 43.6 Å². The lowest BCUT2D eigenvalue weighted by Crippen LogP contribution is -2.33. The molecule has 6 heterocycles. The summed E-state index contributed by atoms with van der Waals surface area (Å²) in [4.78, 5) is 171. The van der Waals surface area contributed by atoms with Crippen LogP contribution in [0.15, 0.2) is 194 Å². The van der Waals surface area contributed by atoms with Crippen molar-refractivity contribution in [1.29, 1.82) is 0 Å². The van der Waals surface area contributed by atoms with E-state index in [1.807, 2.05) is 24.3 Å². The number of rotatable bonds is 14. The van der Waals surface area contributed by atoms with Crippen LogP contribution in [0.1, 0.15) is 152 Å². The monoisotopic (exact) mass is 1310 g/mol. The maximum absolute atomic E-state index is 14.0. The van der Waals surface area contributed by atoms with Gasteiger partial charge in [-0.05, 0) is 185 Å². The molecule has 18 rings (SSSR count). The van der Waals surface area contributed by atoms with Crippen LogP contribution in [0.3, 0.4) is 0 Å². The van der Waals surface area contributed by atoms with Crippen molar-refractivity contribution < 1.29 is 67.7 Å². The molecule has 8 aromatic rings. The average Bonchev–Trinajstić information content (AvgIpc) is 1.57. The Morgan fingerprint density at radius 1 is 0.283 bits per heavy atom. The summed E-state index contributed by atoms with van der Waals surface area (Å²) in [6.45, 7) is -0.161. The van der Waals surface area contributed by atoms with Crippen LogP contribution in [0.4, 0.5) is 22.7 Å². The van der Waals surface area contributed by atoms with Gasteiger partial charge in [0, 0.05) is 0 Å². The minimum absolute atomic E-state index is 0.0656. The second-order valence-electron chi connectivity index (χ2n) is 27.2. The summed E-state index contributed by atoms with van der Waals surface area (Å²) in [5.41, 5.74) is 6.25. The summed E-state index contributed by atoms with van der Waals surface area (Å²) >= 11 is 0. The van der Waals surface area contributed by atoms with Crippen molar-refractivity contribution >= 4 is 93.6 Å². The van der Waals surface area contributed by atoms with Crippen molar-refractivity contribution in [2.24, 2.45) is 47.3 Å². The predicted octanol–water partition coefficient (Wildman–Crippen LogP) is 9.26. The molecule has 8 aromatic carbocycles. The number of aliphatic hydroxyl groups excluding tert-OH is 2. The lowest BCUT2D eigenvalue weighted by Gasteiger charge is -2.18. The van der Waals surface area contributed by atoms with Gasteiger partial charge in [-0.15, -0.1) is 0 Å². The maximum Gasteiger partial charge on any atom is 0.266 e. The normalized spacial score (nSPS) is 24.1. The number of fused-ring (bicyclic) bond motifs is 14. The van der Waals surface area contributed by atoms with Crippen molar-refractivity contribution in [3.05, 3.63) is 283 Å². The van der Waals surface area contributed by atoms with Gasteiger partial charge in [-0.1, -0.05) is 97.1 Å². The lowest BCUT2D eigenvalue weighted by molar-refractivity contribution is -0.124. The Morgan fingerprint density at radius 3 is 0.828 bits per heavy atom. The molecule has 2 saturated heterocycles. The molecule has 4 fully saturated rings. The Hall–Kier alpha value is -12.0. The van der Waals surface area contributed by atoms with E-state index < -0.39 is 59.5 Å². The molecular formula is C79H54N6O14. The number of hydrogen-bond donors (Lipinski definition) is 2. The van der Waals surface area contributed by atoms with E-state index in [0.29, 0.717) is 40.3 Å². The van der Waals surface area contributed by atoms with Crippen LogP contribution in [-0.4, -0.2) is 90.9 Å². The van der Waals surface area contributed by atoms with Gasteiger partial charge in [0.15, 0.2) is 0 Å². The predicted molar refractivity (Wildman–Crippen MR) is 354 cm³/mol. The van der Waals surface area contributed by atoms with E-state index in [1.165, 1.54) is 82.6 Å². The Labute approximate surface area is 563 Å². The Morgan fingerprint density at radius 2 is 0.525 bits per heavy atom. The van der Waals surface area contributed by atoms with Crippen LogP contribution in [-0.2, 0) is 38.7 Å². The van der Waals surface area contributed by atoms with Gasteiger partial charge < -0.3 is 10.2 Å². The van der Waals surface area contributed by atoms with Crippen LogP contribution in [0.2, 0.25) is 0 Å². The van der Waals surface area contributed by atoms with Gasteiger partial charge in [0.05, 0.1) is 104 Å². The molecule has 99 heavy (non-hydrogen) atoms. The first-order valence-electron chi connectivity index (χ1n) is 32.8. The highest BCUT2D eigenvalue weighted by molar-refractivity contribution is 6.35. The fraction of sp³-hybridized carbons (Fsp3) is 0.190. The SMILES string of the molecule is O=C1c2ccc(C(O)c3ccc4c(c3)C(=O)N(c3ccc(Cc5ccc(N6C(=O)c7ccc(C(O)c8ccc9c(c8)C(=O)N(Cc8ccc(N%10C(=O)[C@@H]%11[C@H](C%10=O)[C@H]%10C=C[C@@H]%11C%10)cc8)C9=O)cc7C6=O)cc5)cc3)C4=O)cc2C(=O)N1Cc1ccc(N2C(=O)[C@@H]3[C@H](C2=O)[C@H]2C=C[C@@H]3C2)cc1. The van der Waals surface area contributed by atoms with Crippen LogP contribution in [0.25, 0.3) is 0 Å². The number of benzene rings is 8. The number of anilines is 4. The number of carbonyl (C=O) groups excluding carboxylic acids is 12. The molecule has 10 atom stereocenters. The van der Waals surface area contributed by atoms with Gasteiger partial charge in [0.25, 0.3) is 47.3 Å². The molecule has 12 amide bonds. The van der Waals surface area contributed by atoms with E-state index in [2.05, 4.69) is 0 Å². The quantitative estimate of drug-likeness (QED) is 0.0759. The van der Waals surface area contributed by atoms with E-state index >= 15 is 0 Å². The number of hydrogen-bond acceptors (Lipinski definition) is 14. The highest BCUT2D eigenvalue weighted by atomic mass is 16.3. The summed E-state index contributed by atoms with van der Waals surface area (Å²) in [5, 5.41) is 23.4. The van der Waals surface area contributed by atoms with Crippen molar-refractivity contribution in [3.63, 3.8) is 0 Å². The fourth-order valence-electron chi connectivity index (χ4n) is 16.9. The zero-order chi connectivity index (χ0) is 67.9. The maximum atomic E-state index is 14.0. The Balaban J connectivity index is 0.491. The van der Waals surface area contributed by atoms with E-state index in [1.54, 1.807) is 97.1 Å². The van der Waals surface area contributed by atoms with Crippen LogP contribution >= 0.6 is 0 Å². The van der Waals surface area contributed by atoms with E-state index in [4.69, 9.17) is 0 Å². The molecule has 10 aliphatic rings. The summed E-state index contributed by atoms with van der Waals surface area (Å²) in [6.07, 6.45) is 7.47. The average molecular weight is 1310 g/mol. The molecule has 2 saturated carbocycles. The van der Waals surface area contributed by atoms with Crippen molar-refractivity contribution in [1.82, 2.24) is 9.80 Å². The number of nitrogens with zero attached hydrogens (tertiary/aromatic N) is 6. The van der Waals surface area contributed by atoms with Gasteiger partial charge in [-0.25, -0.2) is 9.80 Å². The molecular weight excluding hydrogens is 1260 g/mol. The standard InChI is InChI=1S/C79H54N6O14/c86-66(46-13-25-54-58(32-46)70(90)80(68(54)88)36-40-5-21-52(22-6-40)84-76(96)62-42-9-10-43(30-42)63(62)77(84)97)48-15-27-56-60(34-48)74(94)82(72(56)92)50-17-1-38(2-18-50)29-39-3-19-51(20-4-39)83-73(93)57-28-16-49(35-61(57)75(83)95)67(87)47-14-26-55-59(33-47)71(91)81(69(55)89)37-41-7-23-53(24-8-41)85-78(98)64-44-11-12-45(31-44)65(64)79(85)99/h1-28,32-35,42-45,62-67,86-87H,29-31,36-37H2/t42-,43+,44-,45+,62+,63-,64+,65-,66?,67?. The largest absolute Gasteiger partial charge is 0.384 e. The first-order chi connectivity index (χ1) is 47.9. The first kappa shape index (κ1) is 59.5. The number of allylic oxidation sites excluding steroid dienone is 4. The zero-order valence-corrected chi connectivity index (χ0v) is 52.3. The molecule has 2 unspecified atom stereocenters. The number of aliphatic hydroxyl groups is 2. The molecule has 2 N–H and O–H groups in total. The second kappa shape index (κ2) is 21.8. The number of carbonyl (C=O) groups is 12. The second-order valence-corrected chi connectivity index (χ2v) is 27.2. The van der Waals surface area contributed by atoms with Gasteiger partial charge in [-0.2, -0.15) is 0 Å². The van der Waals surface area contributed by atoms with Crippen molar-refractivity contribution in [2.75, 3.05) is 19.6 Å². The molecule has 4 aliphatic carbocycles. The minimum atomic E-state index is -1.35. The van der Waals surface area contributed by atoms with Gasteiger partial charge in [0.1, 0.15) is 12.2 Å². The first-order valence-corrected chi connectivity index (χ1v) is 32.8. The van der Waals surface area contributed by atoms with Crippen LogP contribution in [0, 0.1) is 47.3 Å². The Kier molecular flexibility index (Phi) is 13.1. The molecule has 484 valence electrons. The molecule has 0 aromatic heterocycles. The third-order valence-corrected chi connectivity index (χ3v) is 21.9. The summed E-state index contributed by atoms with van der Waals surface area (Å²) < 4.78 is 0. The highest BCUT2D eigenvalue weighted by Crippen LogP contribution is 2.55. The highest BCUT2D eigenvalue weighted by Gasteiger charge is 2.61. The molecule has 4 bridgehead atoms. The smallest absolute Gasteiger partial charge is 0.266 e. The lowest BCUT2D eigenvalue weighted by atomic mass is 9.85. The summed E-state index contributed by atoms with van der Waals surface area (Å²) in [6, 6.07) is 44.7. The minimum Gasteiger partial charge on any atom is -0.384 e. The van der Waals surface area contributed by atoms with E-state index in [-0.39, 0.29) is 151 Å². The van der Waals surface area contributed by atoms with Gasteiger partial charge in [-0.3, -0.25) is 77.1 Å². The van der Waals surface area contributed by atoms with Crippen molar-refractivity contribution in [2.45, 2.75) is 44.6 Å². The van der Waals surface area contributed by atoms with Gasteiger partial charge in [0.2, 0.25) is 23.6 Å². The zero-order valence-electron chi connectivity index (χ0n) is 52.3. The Bertz CT molecular complexity index is 4790. The van der Waals surface area contributed by atoms with Crippen LogP contribution < -0.4 is 19.6 Å². The topological polar surface area (TPSA) is 265 Å². The van der Waals surface area contributed by atoms with E-state index in [9.17, 15) is 67.7 Å². The molecule has 20 nitrogen and oxygen atoms in total. The molecule has 6 aliphatic heterocycles. The number of amides is 12. The number of imide groups is 6. The molecule has 20 heteroatoms.